The zero-order chi connectivity index (χ0) is 22.5. The molecule has 0 aliphatic rings. The lowest BCUT2D eigenvalue weighted by atomic mass is 9.84. The van der Waals surface area contributed by atoms with Crippen molar-refractivity contribution in [3.8, 4) is 0 Å². The van der Waals surface area contributed by atoms with Crippen LogP contribution in [0.15, 0.2) is 0 Å². The molecule has 2 unspecified atom stereocenters. The predicted molar refractivity (Wildman–Crippen MR) is 125 cm³/mol. The lowest BCUT2D eigenvalue weighted by Crippen LogP contribution is -2.25. The molecule has 0 aromatic heterocycles. The van der Waals surface area contributed by atoms with E-state index in [0.29, 0.717) is 25.6 Å². The highest BCUT2D eigenvalue weighted by molar-refractivity contribution is 5.72. The fourth-order valence-corrected chi connectivity index (χ4v) is 4.07. The fraction of sp³-hybridized carbons (Fsp3) is 0.923. The molecule has 30 heavy (non-hydrogen) atoms. The summed E-state index contributed by atoms with van der Waals surface area (Å²) >= 11 is 0. The molecule has 0 radical (unpaired) electrons. The number of hydrogen-bond acceptors (Lipinski definition) is 4. The summed E-state index contributed by atoms with van der Waals surface area (Å²) in [6.45, 7) is 9.48. The molecule has 0 fully saturated rings. The average molecular weight is 427 g/mol. The molecule has 0 N–H and O–H groups in total. The molecule has 0 aliphatic carbocycles. The first kappa shape index (κ1) is 28.9. The van der Waals surface area contributed by atoms with Crippen molar-refractivity contribution in [3.05, 3.63) is 0 Å². The summed E-state index contributed by atoms with van der Waals surface area (Å²) in [7, 11) is 0. The van der Waals surface area contributed by atoms with Gasteiger partial charge in [0.25, 0.3) is 0 Å². The molecular weight excluding hydrogens is 376 g/mol. The number of carbonyl (C=O) groups excluding carboxylic acids is 2. The third kappa shape index (κ3) is 15.7. The van der Waals surface area contributed by atoms with Crippen molar-refractivity contribution in [1.29, 1.82) is 0 Å². The predicted octanol–water partition coefficient (Wildman–Crippen LogP) is 7.63. The van der Waals surface area contributed by atoms with Gasteiger partial charge in [0.05, 0.1) is 19.1 Å². The van der Waals surface area contributed by atoms with Gasteiger partial charge in [0.1, 0.15) is 0 Å². The molecule has 0 heterocycles. The smallest absolute Gasteiger partial charge is 0.309 e. The van der Waals surface area contributed by atoms with Crippen LogP contribution in [-0.4, -0.2) is 25.2 Å². The number of ether oxygens (including phenoxy) is 2. The van der Waals surface area contributed by atoms with Crippen molar-refractivity contribution in [2.75, 3.05) is 13.2 Å². The summed E-state index contributed by atoms with van der Waals surface area (Å²) in [6.07, 6.45) is 17.8. The molecule has 0 spiro atoms. The van der Waals surface area contributed by atoms with Crippen molar-refractivity contribution in [2.45, 2.75) is 130 Å². The van der Waals surface area contributed by atoms with Crippen LogP contribution in [0.4, 0.5) is 0 Å². The van der Waals surface area contributed by atoms with Crippen LogP contribution in [0.2, 0.25) is 0 Å². The topological polar surface area (TPSA) is 52.6 Å². The lowest BCUT2D eigenvalue weighted by molar-refractivity contribution is -0.151. The molecule has 2 atom stereocenters. The first-order valence-corrected chi connectivity index (χ1v) is 12.9. The van der Waals surface area contributed by atoms with Gasteiger partial charge in [-0.3, -0.25) is 9.59 Å². The molecule has 4 heteroatoms. The van der Waals surface area contributed by atoms with Crippen molar-refractivity contribution in [3.63, 3.8) is 0 Å². The van der Waals surface area contributed by atoms with Gasteiger partial charge < -0.3 is 9.47 Å². The van der Waals surface area contributed by atoms with E-state index in [1.165, 1.54) is 51.4 Å². The minimum Gasteiger partial charge on any atom is -0.466 e. The normalized spacial score (nSPS) is 13.1. The van der Waals surface area contributed by atoms with Gasteiger partial charge in [0, 0.05) is 6.42 Å². The van der Waals surface area contributed by atoms with E-state index in [1.807, 2.05) is 13.8 Å². The minimum atomic E-state index is -0.0368. The molecule has 0 aliphatic heterocycles. The quantitative estimate of drug-likeness (QED) is 0.140. The second kappa shape index (κ2) is 21.2. The highest BCUT2D eigenvalue weighted by Crippen LogP contribution is 2.27. The Morgan fingerprint density at radius 3 is 1.63 bits per heavy atom. The summed E-state index contributed by atoms with van der Waals surface area (Å²) < 4.78 is 10.5. The Labute approximate surface area is 186 Å². The molecule has 0 aromatic carbocycles. The fourth-order valence-electron chi connectivity index (χ4n) is 4.07. The van der Waals surface area contributed by atoms with E-state index >= 15 is 0 Å². The summed E-state index contributed by atoms with van der Waals surface area (Å²) in [5, 5.41) is 0. The van der Waals surface area contributed by atoms with E-state index in [-0.39, 0.29) is 17.9 Å². The van der Waals surface area contributed by atoms with Crippen molar-refractivity contribution in [2.24, 2.45) is 11.8 Å². The number of unbranched alkanes of at least 4 members (excludes halogenated alkanes) is 9. The SMILES string of the molecule is CCCOC(=O)CCCCCCCCCCCCC(CC)C(CC)C(=O)OCCC. The Morgan fingerprint density at radius 1 is 0.633 bits per heavy atom. The Balaban J connectivity index is 3.62. The second-order valence-electron chi connectivity index (χ2n) is 8.65. The van der Waals surface area contributed by atoms with Crippen LogP contribution in [0.3, 0.4) is 0 Å². The third-order valence-electron chi connectivity index (χ3n) is 5.96. The molecule has 0 amide bonds. The molecule has 0 aromatic rings. The van der Waals surface area contributed by atoms with Crippen LogP contribution in [0.1, 0.15) is 130 Å². The maximum absolute atomic E-state index is 12.3. The van der Waals surface area contributed by atoms with Crippen LogP contribution in [0.25, 0.3) is 0 Å². The van der Waals surface area contributed by atoms with Crippen molar-refractivity contribution >= 4 is 11.9 Å². The van der Waals surface area contributed by atoms with E-state index in [2.05, 4.69) is 13.8 Å². The first-order chi connectivity index (χ1) is 14.6. The molecule has 0 saturated heterocycles. The van der Waals surface area contributed by atoms with Crippen LogP contribution in [0, 0.1) is 11.8 Å². The summed E-state index contributed by atoms with van der Waals surface area (Å²) in [6, 6.07) is 0. The van der Waals surface area contributed by atoms with Crippen molar-refractivity contribution < 1.29 is 19.1 Å². The van der Waals surface area contributed by atoms with Gasteiger partial charge in [-0.15, -0.1) is 0 Å². The zero-order valence-electron chi connectivity index (χ0n) is 20.5. The summed E-state index contributed by atoms with van der Waals surface area (Å²) in [4.78, 5) is 23.7. The molecule has 0 saturated carbocycles. The Kier molecular flexibility index (Phi) is 20.4. The Bertz CT molecular complexity index is 408. The van der Waals surface area contributed by atoms with Crippen LogP contribution >= 0.6 is 0 Å². The van der Waals surface area contributed by atoms with Gasteiger partial charge in [-0.1, -0.05) is 91.9 Å². The van der Waals surface area contributed by atoms with Gasteiger partial charge in [-0.2, -0.15) is 0 Å². The highest BCUT2D eigenvalue weighted by Gasteiger charge is 2.26. The van der Waals surface area contributed by atoms with E-state index in [0.717, 1.165) is 44.9 Å². The molecule has 0 rings (SSSR count). The Morgan fingerprint density at radius 2 is 1.13 bits per heavy atom. The van der Waals surface area contributed by atoms with Gasteiger partial charge in [-0.25, -0.2) is 0 Å². The van der Waals surface area contributed by atoms with Gasteiger partial charge in [0.2, 0.25) is 0 Å². The summed E-state index contributed by atoms with van der Waals surface area (Å²) in [5.74, 6) is 0.531. The maximum Gasteiger partial charge on any atom is 0.309 e. The van der Waals surface area contributed by atoms with E-state index in [1.54, 1.807) is 0 Å². The van der Waals surface area contributed by atoms with Crippen LogP contribution < -0.4 is 0 Å². The first-order valence-electron chi connectivity index (χ1n) is 12.9. The highest BCUT2D eigenvalue weighted by atomic mass is 16.5. The average Bonchev–Trinajstić information content (AvgIpc) is 2.75. The summed E-state index contributed by atoms with van der Waals surface area (Å²) in [5.41, 5.74) is 0. The molecule has 178 valence electrons. The third-order valence-corrected chi connectivity index (χ3v) is 5.96. The number of carbonyl (C=O) groups is 2. The maximum atomic E-state index is 12.3. The van der Waals surface area contributed by atoms with E-state index in [4.69, 9.17) is 9.47 Å². The molecule has 4 nitrogen and oxygen atoms in total. The molecule has 0 bridgehead atoms. The van der Waals surface area contributed by atoms with Gasteiger partial charge in [0.15, 0.2) is 0 Å². The van der Waals surface area contributed by atoms with Crippen molar-refractivity contribution in [1.82, 2.24) is 0 Å². The van der Waals surface area contributed by atoms with Crippen LogP contribution in [-0.2, 0) is 19.1 Å². The lowest BCUT2D eigenvalue weighted by Gasteiger charge is -2.23. The van der Waals surface area contributed by atoms with E-state index in [9.17, 15) is 9.59 Å². The van der Waals surface area contributed by atoms with E-state index < -0.39 is 0 Å². The minimum absolute atomic E-state index is 0.0176. The standard InChI is InChI=1S/C26H50O4/c1-5-21-29-25(27)20-18-16-14-12-10-9-11-13-15-17-19-23(7-3)24(8-4)26(28)30-22-6-2/h23-24H,5-22H2,1-4H3. The largest absolute Gasteiger partial charge is 0.466 e. The van der Waals surface area contributed by atoms with Crippen LogP contribution in [0.5, 0.6) is 0 Å². The number of rotatable bonds is 21. The van der Waals surface area contributed by atoms with Gasteiger partial charge >= 0.3 is 11.9 Å². The number of hydrogen-bond donors (Lipinski definition) is 0. The number of esters is 2. The monoisotopic (exact) mass is 426 g/mol. The van der Waals surface area contributed by atoms with Gasteiger partial charge in [-0.05, 0) is 38.0 Å². The Hall–Kier alpha value is -1.06. The second-order valence-corrected chi connectivity index (χ2v) is 8.65. The zero-order valence-corrected chi connectivity index (χ0v) is 20.5. The molecular formula is C26H50O4.